The van der Waals surface area contributed by atoms with Crippen molar-refractivity contribution in [1.29, 1.82) is 0 Å². The number of hydrogen-bond acceptors (Lipinski definition) is 19. The van der Waals surface area contributed by atoms with Gasteiger partial charge in [-0.2, -0.15) is 0 Å². The van der Waals surface area contributed by atoms with Crippen LogP contribution in [0.2, 0.25) is 0 Å². The van der Waals surface area contributed by atoms with Gasteiger partial charge in [-0.25, -0.2) is 0 Å². The van der Waals surface area contributed by atoms with Crippen molar-refractivity contribution in [3.05, 3.63) is 0 Å². The van der Waals surface area contributed by atoms with Gasteiger partial charge in [0.1, 0.15) is 0 Å². The van der Waals surface area contributed by atoms with E-state index >= 15 is 0 Å². The van der Waals surface area contributed by atoms with Crippen LogP contribution in [0.25, 0.3) is 0 Å². The van der Waals surface area contributed by atoms with Crippen LogP contribution in [0.4, 0.5) is 0 Å². The van der Waals surface area contributed by atoms with E-state index in [0.29, 0.717) is 52.2 Å². The van der Waals surface area contributed by atoms with Crippen molar-refractivity contribution in [2.45, 2.75) is 205 Å². The molecular weight excluding hydrogens is 1420 g/mol. The second-order valence-electron chi connectivity index (χ2n) is 19.5. The van der Waals surface area contributed by atoms with Crippen molar-refractivity contribution in [2.75, 3.05) is 45.8 Å². The summed E-state index contributed by atoms with van der Waals surface area (Å²) in [5.74, 6) is 0.143. The van der Waals surface area contributed by atoms with Crippen LogP contribution in [-0.4, -0.2) is 121 Å². The first-order valence-corrected chi connectivity index (χ1v) is 56.3. The average Bonchev–Trinajstić information content (AvgIpc) is 3.47. The summed E-state index contributed by atoms with van der Waals surface area (Å²) < 4.78 is 0. The van der Waals surface area contributed by atoms with Crippen LogP contribution in [0.15, 0.2) is 0 Å². The zero-order valence-corrected chi connectivity index (χ0v) is 70.9. The molecule has 19 atom stereocenters. The molecule has 0 saturated heterocycles. The Hall–Kier alpha value is 4.75. The molecule has 0 rings (SSSR count). The summed E-state index contributed by atoms with van der Waals surface area (Å²) in [6.07, 6.45) is 21.2. The lowest BCUT2D eigenvalue weighted by Gasteiger charge is -2.14. The standard InChI is InChI=1S/C13H30N3O2P3.5C6H17N2OP3.C4H10/c1-10(6-2-4-8-14)12(17)16-9-5-3-7-11(15)13(18)21(19)20;5*7-4-2-1-3-5(8)6(9)12(10)11;1-3-4-2/h10-11H,2-9,14-15,19-20H2,1H3,(H,16,17);5*5H,1-4,7-8,10-11H2;3-4H2,1-2H3. The lowest BCUT2D eigenvalue weighted by atomic mass is 10.0. The largest absolute Gasteiger partial charge is 0.356 e. The Bertz CT molecular complexity index is 1440. The maximum Gasteiger partial charge on any atom is 0.222 e. The van der Waals surface area contributed by atoms with Gasteiger partial charge in [0.2, 0.25) is 5.91 Å². The number of unbranched alkanes of at least 4 members (excludes halogenated alkanes) is 8. The second-order valence-corrected chi connectivity index (χ2v) is 57.8. The van der Waals surface area contributed by atoms with Gasteiger partial charge in [-0.1, -0.05) is 179 Å². The molecule has 0 saturated carbocycles. The second kappa shape index (κ2) is 74.5. The molecule has 1 amide bonds. The maximum absolute atomic E-state index is 11.8. The molecule has 0 aliphatic carbocycles. The van der Waals surface area contributed by atoms with E-state index in [0.717, 1.165) is 128 Å². The first-order valence-electron chi connectivity index (χ1n) is 28.8. The minimum Gasteiger partial charge on any atom is -0.356 e. The summed E-state index contributed by atoms with van der Waals surface area (Å²) in [5, 5.41) is 2.93. The van der Waals surface area contributed by atoms with Crippen molar-refractivity contribution < 1.29 is 33.6 Å². The minimum absolute atomic E-state index is 0.0400. The highest BCUT2D eigenvalue weighted by Gasteiger charge is 2.21. The normalized spacial score (nSPS) is 13.3. The lowest BCUT2D eigenvalue weighted by Crippen LogP contribution is -2.31. The molecule has 0 heterocycles. The van der Waals surface area contributed by atoms with E-state index in [-0.39, 0.29) is 81.2 Å². The molecule has 85 heavy (non-hydrogen) atoms. The van der Waals surface area contributed by atoms with Gasteiger partial charge < -0.3 is 74.1 Å². The Kier molecular flexibility index (Phi) is 90.5. The lowest BCUT2D eigenvalue weighted by molar-refractivity contribution is -0.124. The Morgan fingerprint density at radius 1 is 0.306 bits per heavy atom. The highest BCUT2D eigenvalue weighted by Crippen LogP contribution is 2.57. The molecule has 0 aliphatic rings. The molecule has 510 valence electrons. The van der Waals surface area contributed by atoms with Crippen molar-refractivity contribution in [3.8, 4) is 0 Å². The Labute approximate surface area is 550 Å². The van der Waals surface area contributed by atoms with Gasteiger partial charge in [0.05, 0.1) is 36.3 Å². The fourth-order valence-corrected chi connectivity index (χ4v) is 16.0. The molecular formula is C47H125N13O7P18. The van der Waals surface area contributed by atoms with Gasteiger partial charge in [0.15, 0.2) is 33.1 Å². The third kappa shape index (κ3) is 72.9. The molecule has 38 heteroatoms. The maximum atomic E-state index is 11.8. The van der Waals surface area contributed by atoms with E-state index in [1.54, 1.807) is 0 Å². The average molecular weight is 1540 g/mol. The summed E-state index contributed by atoms with van der Waals surface area (Å²) in [6, 6.07) is -1.85. The molecule has 25 N–H and O–H groups in total. The van der Waals surface area contributed by atoms with Crippen molar-refractivity contribution >= 4 is 190 Å². The predicted molar refractivity (Wildman–Crippen MR) is 430 cm³/mol. The third-order valence-electron chi connectivity index (χ3n) is 11.6. The van der Waals surface area contributed by atoms with E-state index in [9.17, 15) is 33.6 Å². The van der Waals surface area contributed by atoms with Crippen LogP contribution in [-0.2, 0) is 33.6 Å². The number of carbonyl (C=O) groups is 7. The summed E-state index contributed by atoms with van der Waals surface area (Å²) >= 11 is 0. The van der Waals surface area contributed by atoms with Crippen LogP contribution in [0.5, 0.6) is 0 Å². The topological polar surface area (TPSA) is 444 Å². The van der Waals surface area contributed by atoms with Crippen molar-refractivity contribution in [1.82, 2.24) is 5.32 Å². The fourth-order valence-electron chi connectivity index (χ4n) is 6.03. The van der Waals surface area contributed by atoms with Crippen LogP contribution in [0.1, 0.15) is 168 Å². The van der Waals surface area contributed by atoms with Gasteiger partial charge >= 0.3 is 0 Å². The Morgan fingerprint density at radius 3 is 0.624 bits per heavy atom. The van der Waals surface area contributed by atoms with E-state index in [1.807, 2.05) is 6.92 Å². The van der Waals surface area contributed by atoms with E-state index in [2.05, 4.69) is 126 Å². The van der Waals surface area contributed by atoms with Crippen molar-refractivity contribution in [2.24, 2.45) is 74.7 Å². The smallest absolute Gasteiger partial charge is 0.222 e. The number of nitrogens with one attached hydrogen (secondary N) is 1. The van der Waals surface area contributed by atoms with E-state index in [1.165, 1.54) is 12.8 Å². The molecule has 0 spiro atoms. The first-order chi connectivity index (χ1) is 39.8. The van der Waals surface area contributed by atoms with Crippen LogP contribution < -0.4 is 74.1 Å². The number of nitrogens with two attached hydrogens (primary N) is 12. The molecule has 0 aromatic rings. The number of hydrogen-bond donors (Lipinski definition) is 13. The monoisotopic (exact) mass is 1540 g/mol. The molecule has 0 bridgehead atoms. The van der Waals surface area contributed by atoms with Crippen LogP contribution >= 0.6 is 151 Å². The Morgan fingerprint density at radius 2 is 0.471 bits per heavy atom. The summed E-state index contributed by atoms with van der Waals surface area (Å²) in [7, 11) is 25.7. The number of rotatable bonds is 43. The van der Waals surface area contributed by atoms with Gasteiger partial charge in [0.25, 0.3) is 0 Å². The number of carbonyl (C=O) groups excluding carboxylic acids is 7. The molecule has 0 aliphatic heterocycles. The molecule has 0 aromatic carbocycles. The van der Waals surface area contributed by atoms with E-state index < -0.39 is 43.8 Å². The minimum atomic E-state index is -0.761. The zero-order chi connectivity index (χ0) is 67.5. The summed E-state index contributed by atoms with van der Waals surface area (Å²) in [4.78, 5) is 79.8. The fraction of sp³-hybridized carbons (Fsp3) is 0.851. The predicted octanol–water partition coefficient (Wildman–Crippen LogP) is 8.92. The highest BCUT2D eigenvalue weighted by atomic mass is 32.4. The Balaban J connectivity index is -0.000000172. The van der Waals surface area contributed by atoms with Gasteiger partial charge in [-0.05, 0) is 136 Å². The van der Waals surface area contributed by atoms with Gasteiger partial charge in [0, 0.05) is 56.3 Å². The molecule has 0 aromatic heterocycles. The SMILES string of the molecule is CC(CCCCN)C(=O)NCCCCC(N)C(=O)P(P)P.CCCC.NCCCCC(N)C(=O)P(P)P.NCCCCC(N)C(=O)P(P)P.NCCCCC(N)C(=O)P(P)P.NCCCCC(N)C(=O)P(P)P.NCCCCC(N)C(=O)P(P)P. The molecule has 20 nitrogen and oxygen atoms in total. The summed E-state index contributed by atoms with van der Waals surface area (Å²) in [6.45, 7) is 11.0. The first kappa shape index (κ1) is 103. The van der Waals surface area contributed by atoms with Gasteiger partial charge in [-0.3, -0.25) is 33.6 Å². The molecule has 0 fully saturated rings. The molecule has 0 radical (unpaired) electrons. The number of amides is 1. The highest BCUT2D eigenvalue weighted by molar-refractivity contribution is 8.52. The van der Waals surface area contributed by atoms with E-state index in [4.69, 9.17) is 68.8 Å². The van der Waals surface area contributed by atoms with Crippen LogP contribution in [0, 0.1) is 5.92 Å². The van der Waals surface area contributed by atoms with Crippen molar-refractivity contribution in [3.63, 3.8) is 0 Å². The molecule has 19 unspecified atom stereocenters. The summed E-state index contributed by atoms with van der Waals surface area (Å²) in [5.41, 5.74) is 67.0. The van der Waals surface area contributed by atoms with Gasteiger partial charge in [-0.15, -0.1) is 0 Å². The quantitative estimate of drug-likeness (QED) is 0.0200. The third-order valence-corrected chi connectivity index (χ3v) is 25.8. The van der Waals surface area contributed by atoms with Crippen LogP contribution in [0.3, 0.4) is 0 Å². The zero-order valence-electron chi connectivity index (χ0n) is 51.7.